The zero-order valence-electron chi connectivity index (χ0n) is 9.31. The van der Waals surface area contributed by atoms with Crippen molar-refractivity contribution < 1.29 is 19.7 Å². The van der Waals surface area contributed by atoms with Crippen molar-refractivity contribution >= 4 is 34.2 Å². The van der Waals surface area contributed by atoms with Crippen LogP contribution in [0.4, 0.5) is 5.69 Å². The van der Waals surface area contributed by atoms with E-state index < -0.39 is 6.10 Å². The van der Waals surface area contributed by atoms with Crippen molar-refractivity contribution in [1.82, 2.24) is 0 Å². The van der Waals surface area contributed by atoms with Gasteiger partial charge in [0.05, 0.1) is 25.4 Å². The third-order valence-electron chi connectivity index (χ3n) is 2.13. The van der Waals surface area contributed by atoms with Crippen LogP contribution >= 0.6 is 22.6 Å². The lowest BCUT2D eigenvalue weighted by molar-refractivity contribution is 0.0600. The molecule has 0 saturated carbocycles. The molecule has 1 aromatic rings. The summed E-state index contributed by atoms with van der Waals surface area (Å²) in [5.41, 5.74) is 1.27. The van der Waals surface area contributed by atoms with Crippen LogP contribution in [-0.2, 0) is 4.74 Å². The van der Waals surface area contributed by atoms with Gasteiger partial charge in [0.2, 0.25) is 0 Å². The first-order valence-electron chi connectivity index (χ1n) is 4.99. The van der Waals surface area contributed by atoms with Crippen molar-refractivity contribution in [1.29, 1.82) is 0 Å². The molecule has 0 heterocycles. The number of esters is 1. The second kappa shape index (κ2) is 6.77. The first-order chi connectivity index (χ1) is 8.08. The monoisotopic (exact) mass is 351 g/mol. The van der Waals surface area contributed by atoms with E-state index in [0.717, 1.165) is 9.26 Å². The Kier molecular flexibility index (Phi) is 5.66. The molecule has 0 spiro atoms. The fraction of sp³-hybridized carbons (Fsp3) is 0.364. The molecule has 0 aliphatic carbocycles. The molecule has 1 rings (SSSR count). The van der Waals surface area contributed by atoms with E-state index in [1.54, 1.807) is 18.2 Å². The maximum Gasteiger partial charge on any atom is 0.337 e. The van der Waals surface area contributed by atoms with Crippen LogP contribution in [0.25, 0.3) is 0 Å². The number of methoxy groups -OCH3 is 1. The predicted octanol–water partition coefficient (Wildman–Crippen LogP) is 0.843. The Labute approximate surface area is 113 Å². The van der Waals surface area contributed by atoms with Crippen LogP contribution < -0.4 is 5.32 Å². The van der Waals surface area contributed by atoms with E-state index in [2.05, 4.69) is 32.6 Å². The summed E-state index contributed by atoms with van der Waals surface area (Å²) < 4.78 is 5.45. The number of rotatable bonds is 5. The molecule has 6 heteroatoms. The fourth-order valence-electron chi connectivity index (χ4n) is 1.20. The van der Waals surface area contributed by atoms with Crippen molar-refractivity contribution in [2.24, 2.45) is 0 Å². The molecular formula is C11H14INO4. The Balaban J connectivity index is 2.73. The number of hydrogen-bond donors (Lipinski definition) is 3. The number of carbonyl (C=O) groups is 1. The number of nitrogens with one attached hydrogen (secondary N) is 1. The van der Waals surface area contributed by atoms with Gasteiger partial charge >= 0.3 is 5.97 Å². The van der Waals surface area contributed by atoms with Gasteiger partial charge in [-0.1, -0.05) is 0 Å². The molecule has 17 heavy (non-hydrogen) atoms. The van der Waals surface area contributed by atoms with Gasteiger partial charge in [0, 0.05) is 15.8 Å². The maximum absolute atomic E-state index is 11.3. The molecule has 0 aliphatic heterocycles. The molecule has 3 N–H and O–H groups in total. The number of halogens is 1. The molecule has 0 fully saturated rings. The fourth-order valence-corrected chi connectivity index (χ4v) is 1.90. The quantitative estimate of drug-likeness (QED) is 0.541. The summed E-state index contributed by atoms with van der Waals surface area (Å²) >= 11 is 2.08. The summed E-state index contributed by atoms with van der Waals surface area (Å²) in [5.74, 6) is -0.384. The van der Waals surface area contributed by atoms with Gasteiger partial charge in [-0.2, -0.15) is 0 Å². The van der Waals surface area contributed by atoms with Crippen LogP contribution in [-0.4, -0.2) is 42.5 Å². The highest BCUT2D eigenvalue weighted by Crippen LogP contribution is 2.20. The van der Waals surface area contributed by atoms with E-state index in [-0.39, 0.29) is 19.1 Å². The summed E-state index contributed by atoms with van der Waals surface area (Å²) in [6, 6.07) is 5.07. The van der Waals surface area contributed by atoms with Gasteiger partial charge < -0.3 is 20.3 Å². The molecule has 0 saturated heterocycles. The van der Waals surface area contributed by atoms with Gasteiger partial charge in [-0.25, -0.2) is 4.79 Å². The molecule has 1 atom stereocenters. The van der Waals surface area contributed by atoms with Crippen LogP contribution in [0.15, 0.2) is 18.2 Å². The van der Waals surface area contributed by atoms with Crippen LogP contribution in [0, 0.1) is 3.57 Å². The van der Waals surface area contributed by atoms with E-state index in [1.165, 1.54) is 7.11 Å². The van der Waals surface area contributed by atoms with Crippen molar-refractivity contribution in [3.8, 4) is 0 Å². The minimum atomic E-state index is -0.800. The largest absolute Gasteiger partial charge is 0.465 e. The summed E-state index contributed by atoms with van der Waals surface area (Å²) in [6.45, 7) is -0.0338. The van der Waals surface area contributed by atoms with Gasteiger partial charge in [0.25, 0.3) is 0 Å². The average molecular weight is 351 g/mol. The lowest BCUT2D eigenvalue weighted by Gasteiger charge is -2.12. The van der Waals surface area contributed by atoms with E-state index >= 15 is 0 Å². The van der Waals surface area contributed by atoms with E-state index in [1.807, 2.05) is 0 Å². The zero-order valence-corrected chi connectivity index (χ0v) is 11.5. The standard InChI is InChI=1S/C11H14INO4/c1-17-11(16)7-2-3-10(9(12)4-7)13-5-8(15)6-14/h2-4,8,13-15H,5-6H2,1H3. The van der Waals surface area contributed by atoms with Crippen molar-refractivity contribution in [3.63, 3.8) is 0 Å². The molecule has 5 nitrogen and oxygen atoms in total. The molecule has 94 valence electrons. The molecule has 1 unspecified atom stereocenters. The van der Waals surface area contributed by atoms with Crippen molar-refractivity contribution in [2.45, 2.75) is 6.10 Å². The number of hydrogen-bond acceptors (Lipinski definition) is 5. The molecule has 0 bridgehead atoms. The number of aliphatic hydroxyl groups is 2. The molecular weight excluding hydrogens is 337 g/mol. The topological polar surface area (TPSA) is 78.8 Å². The summed E-state index contributed by atoms with van der Waals surface area (Å²) in [4.78, 5) is 11.3. The number of ether oxygens (including phenoxy) is 1. The minimum absolute atomic E-state index is 0.254. The Hall–Kier alpha value is -0.860. The molecule has 0 aromatic heterocycles. The Morgan fingerprint density at radius 2 is 2.29 bits per heavy atom. The highest BCUT2D eigenvalue weighted by molar-refractivity contribution is 14.1. The Morgan fingerprint density at radius 1 is 1.59 bits per heavy atom. The molecule has 1 aromatic carbocycles. The lowest BCUT2D eigenvalue weighted by Crippen LogP contribution is -2.23. The Morgan fingerprint density at radius 3 is 2.82 bits per heavy atom. The number of anilines is 1. The summed E-state index contributed by atoms with van der Waals surface area (Å²) in [7, 11) is 1.33. The Bertz CT molecular complexity index is 397. The third kappa shape index (κ3) is 4.14. The van der Waals surface area contributed by atoms with Gasteiger partial charge in [0.15, 0.2) is 0 Å². The third-order valence-corrected chi connectivity index (χ3v) is 3.02. The van der Waals surface area contributed by atoms with E-state index in [0.29, 0.717) is 5.56 Å². The first kappa shape index (κ1) is 14.2. The average Bonchev–Trinajstić information content (AvgIpc) is 2.35. The number of carbonyl (C=O) groups excluding carboxylic acids is 1. The highest BCUT2D eigenvalue weighted by Gasteiger charge is 2.09. The van der Waals surface area contributed by atoms with E-state index in [4.69, 9.17) is 5.11 Å². The number of benzene rings is 1. The van der Waals surface area contributed by atoms with Gasteiger partial charge in [-0.15, -0.1) is 0 Å². The van der Waals surface area contributed by atoms with Gasteiger partial charge in [0.1, 0.15) is 0 Å². The maximum atomic E-state index is 11.3. The summed E-state index contributed by atoms with van der Waals surface area (Å²) in [5, 5.41) is 20.9. The smallest absolute Gasteiger partial charge is 0.337 e. The van der Waals surface area contributed by atoms with Crippen LogP contribution in [0.3, 0.4) is 0 Å². The zero-order chi connectivity index (χ0) is 12.8. The minimum Gasteiger partial charge on any atom is -0.465 e. The molecule has 0 aliphatic rings. The molecule has 0 radical (unpaired) electrons. The summed E-state index contributed by atoms with van der Waals surface area (Å²) in [6.07, 6.45) is -0.800. The first-order valence-corrected chi connectivity index (χ1v) is 6.07. The van der Waals surface area contributed by atoms with Crippen LogP contribution in [0.2, 0.25) is 0 Å². The lowest BCUT2D eigenvalue weighted by atomic mass is 10.2. The van der Waals surface area contributed by atoms with Crippen molar-refractivity contribution in [3.05, 3.63) is 27.3 Å². The highest BCUT2D eigenvalue weighted by atomic mass is 127. The number of aliphatic hydroxyl groups excluding tert-OH is 2. The predicted molar refractivity (Wildman–Crippen MR) is 72.1 cm³/mol. The van der Waals surface area contributed by atoms with Crippen molar-refractivity contribution in [2.75, 3.05) is 25.6 Å². The van der Waals surface area contributed by atoms with Gasteiger partial charge in [-0.05, 0) is 40.8 Å². The SMILES string of the molecule is COC(=O)c1ccc(NCC(O)CO)c(I)c1. The second-order valence-corrected chi connectivity index (χ2v) is 4.57. The van der Waals surface area contributed by atoms with Crippen LogP contribution in [0.1, 0.15) is 10.4 Å². The van der Waals surface area contributed by atoms with Crippen LogP contribution in [0.5, 0.6) is 0 Å². The second-order valence-electron chi connectivity index (χ2n) is 3.40. The normalized spacial score (nSPS) is 12.0. The van der Waals surface area contributed by atoms with E-state index in [9.17, 15) is 9.90 Å². The van der Waals surface area contributed by atoms with Gasteiger partial charge in [-0.3, -0.25) is 0 Å². The molecule has 0 amide bonds.